The molecule has 1 aliphatic rings. The molecule has 1 amide bonds. The molecule has 0 bridgehead atoms. The van der Waals surface area contributed by atoms with Gasteiger partial charge in [0.05, 0.1) is 26.4 Å². The van der Waals surface area contributed by atoms with Gasteiger partial charge >= 0.3 is 0 Å². The van der Waals surface area contributed by atoms with Crippen LogP contribution in [-0.2, 0) is 11.2 Å². The van der Waals surface area contributed by atoms with E-state index in [0.717, 1.165) is 17.7 Å². The van der Waals surface area contributed by atoms with Crippen LogP contribution in [0, 0.1) is 12.8 Å². The molecule has 0 aliphatic carbocycles. The molecular weight excluding hydrogens is 304 g/mol. The second-order valence-corrected chi connectivity index (χ2v) is 6.12. The standard InChI is InChI=1S/C19H22N2O3/c1-13-3-4-15(10-18(13)23-2)19(22)21-17-12-24-11-16(17)9-14-5-7-20-8-6-14/h3-8,10,16-17H,9,11-12H2,1-2H3,(H,21,22)/t16-,17+/m1/s1. The average molecular weight is 326 g/mol. The van der Waals surface area contributed by atoms with E-state index in [9.17, 15) is 4.79 Å². The zero-order chi connectivity index (χ0) is 16.9. The largest absolute Gasteiger partial charge is 0.496 e. The molecule has 1 aromatic carbocycles. The van der Waals surface area contributed by atoms with E-state index in [-0.39, 0.29) is 17.9 Å². The van der Waals surface area contributed by atoms with E-state index in [1.54, 1.807) is 25.6 Å². The van der Waals surface area contributed by atoms with Crippen LogP contribution in [0.4, 0.5) is 0 Å². The second kappa shape index (κ2) is 7.45. The lowest BCUT2D eigenvalue weighted by atomic mass is 9.95. The number of nitrogens with zero attached hydrogens (tertiary/aromatic N) is 1. The van der Waals surface area contributed by atoms with Crippen LogP contribution in [0.2, 0.25) is 0 Å². The number of carbonyl (C=O) groups is 1. The number of aryl methyl sites for hydroxylation is 1. The third-order valence-electron chi connectivity index (χ3n) is 4.43. The Morgan fingerprint density at radius 1 is 1.29 bits per heavy atom. The summed E-state index contributed by atoms with van der Waals surface area (Å²) in [6.45, 7) is 3.16. The normalized spacial score (nSPS) is 19.9. The van der Waals surface area contributed by atoms with E-state index in [0.29, 0.717) is 18.8 Å². The number of hydrogen-bond acceptors (Lipinski definition) is 4. The average Bonchev–Trinajstić information content (AvgIpc) is 3.03. The van der Waals surface area contributed by atoms with Gasteiger partial charge in [0.1, 0.15) is 5.75 Å². The van der Waals surface area contributed by atoms with Crippen molar-refractivity contribution < 1.29 is 14.3 Å². The van der Waals surface area contributed by atoms with Crippen LogP contribution in [0.1, 0.15) is 21.5 Å². The van der Waals surface area contributed by atoms with Crippen molar-refractivity contribution in [3.63, 3.8) is 0 Å². The molecule has 0 radical (unpaired) electrons. The first-order valence-corrected chi connectivity index (χ1v) is 8.09. The number of aromatic nitrogens is 1. The van der Waals surface area contributed by atoms with Crippen LogP contribution in [0.15, 0.2) is 42.7 Å². The molecule has 1 saturated heterocycles. The Morgan fingerprint density at radius 2 is 2.08 bits per heavy atom. The molecule has 0 unspecified atom stereocenters. The number of methoxy groups -OCH3 is 1. The molecule has 3 rings (SSSR count). The summed E-state index contributed by atoms with van der Waals surface area (Å²) in [6, 6.07) is 9.51. The van der Waals surface area contributed by atoms with Gasteiger partial charge in [-0.25, -0.2) is 0 Å². The fraction of sp³-hybridized carbons (Fsp3) is 0.368. The lowest BCUT2D eigenvalue weighted by Gasteiger charge is -2.19. The molecule has 2 aromatic rings. The van der Waals surface area contributed by atoms with Crippen LogP contribution >= 0.6 is 0 Å². The van der Waals surface area contributed by atoms with Crippen molar-refractivity contribution in [1.82, 2.24) is 10.3 Å². The first-order valence-electron chi connectivity index (χ1n) is 8.09. The van der Waals surface area contributed by atoms with Crippen LogP contribution in [0.25, 0.3) is 0 Å². The fourth-order valence-electron chi connectivity index (χ4n) is 2.99. The molecule has 2 atom stereocenters. The topological polar surface area (TPSA) is 60.5 Å². The molecule has 1 aliphatic heterocycles. The van der Waals surface area contributed by atoms with Crippen molar-refractivity contribution in [2.45, 2.75) is 19.4 Å². The lowest BCUT2D eigenvalue weighted by molar-refractivity contribution is 0.0924. The maximum Gasteiger partial charge on any atom is 0.251 e. The number of rotatable bonds is 5. The summed E-state index contributed by atoms with van der Waals surface area (Å²) in [5.74, 6) is 0.894. The van der Waals surface area contributed by atoms with Gasteiger partial charge in [-0.1, -0.05) is 6.07 Å². The highest BCUT2D eigenvalue weighted by molar-refractivity contribution is 5.95. The predicted octanol–water partition coefficient (Wildman–Crippen LogP) is 2.39. The van der Waals surface area contributed by atoms with Crippen molar-refractivity contribution in [2.75, 3.05) is 20.3 Å². The van der Waals surface area contributed by atoms with Gasteiger partial charge in [0.2, 0.25) is 0 Å². The molecule has 0 saturated carbocycles. The summed E-state index contributed by atoms with van der Waals surface area (Å²) in [5, 5.41) is 3.10. The van der Waals surface area contributed by atoms with Crippen LogP contribution in [0.5, 0.6) is 5.75 Å². The predicted molar refractivity (Wildman–Crippen MR) is 91.2 cm³/mol. The molecule has 2 heterocycles. The molecule has 1 N–H and O–H groups in total. The van der Waals surface area contributed by atoms with Gasteiger partial charge in [0, 0.05) is 23.9 Å². The second-order valence-electron chi connectivity index (χ2n) is 6.12. The number of hydrogen-bond donors (Lipinski definition) is 1. The van der Waals surface area contributed by atoms with E-state index in [4.69, 9.17) is 9.47 Å². The lowest BCUT2D eigenvalue weighted by Crippen LogP contribution is -2.40. The summed E-state index contributed by atoms with van der Waals surface area (Å²) in [5.41, 5.74) is 2.82. The quantitative estimate of drug-likeness (QED) is 0.916. The molecule has 0 spiro atoms. The Kier molecular flexibility index (Phi) is 5.11. The van der Waals surface area contributed by atoms with Gasteiger partial charge in [-0.15, -0.1) is 0 Å². The highest BCUT2D eigenvalue weighted by atomic mass is 16.5. The van der Waals surface area contributed by atoms with Crippen molar-refractivity contribution in [3.8, 4) is 5.75 Å². The first-order chi connectivity index (χ1) is 11.7. The summed E-state index contributed by atoms with van der Waals surface area (Å²) < 4.78 is 10.9. The van der Waals surface area contributed by atoms with Gasteiger partial charge in [-0.3, -0.25) is 9.78 Å². The molecule has 5 nitrogen and oxygen atoms in total. The minimum atomic E-state index is -0.0940. The highest BCUT2D eigenvalue weighted by Gasteiger charge is 2.30. The van der Waals surface area contributed by atoms with Crippen molar-refractivity contribution >= 4 is 5.91 Å². The molecule has 24 heavy (non-hydrogen) atoms. The first kappa shape index (κ1) is 16.5. The third kappa shape index (κ3) is 3.74. The zero-order valence-electron chi connectivity index (χ0n) is 14.0. The Balaban J connectivity index is 1.67. The summed E-state index contributed by atoms with van der Waals surface area (Å²) >= 11 is 0. The SMILES string of the molecule is COc1cc(C(=O)N[C@H]2COC[C@H]2Cc2ccncc2)ccc1C. The molecular formula is C19H22N2O3. The summed E-state index contributed by atoms with van der Waals surface area (Å²) in [6.07, 6.45) is 4.44. The number of pyridine rings is 1. The Bertz CT molecular complexity index is 703. The number of ether oxygens (including phenoxy) is 2. The van der Waals surface area contributed by atoms with Crippen LogP contribution in [0.3, 0.4) is 0 Å². The molecule has 1 fully saturated rings. The molecule has 126 valence electrons. The number of amides is 1. The van der Waals surface area contributed by atoms with Crippen LogP contribution < -0.4 is 10.1 Å². The van der Waals surface area contributed by atoms with Crippen molar-refractivity contribution in [3.05, 3.63) is 59.4 Å². The third-order valence-corrected chi connectivity index (χ3v) is 4.43. The van der Waals surface area contributed by atoms with E-state index in [2.05, 4.69) is 10.3 Å². The minimum Gasteiger partial charge on any atom is -0.496 e. The van der Waals surface area contributed by atoms with E-state index in [1.165, 1.54) is 5.56 Å². The Morgan fingerprint density at radius 3 is 2.83 bits per heavy atom. The monoisotopic (exact) mass is 326 g/mol. The summed E-state index contributed by atoms with van der Waals surface area (Å²) in [7, 11) is 1.61. The zero-order valence-corrected chi connectivity index (χ0v) is 14.0. The molecule has 1 aromatic heterocycles. The smallest absolute Gasteiger partial charge is 0.251 e. The van der Waals surface area contributed by atoms with Crippen LogP contribution in [-0.4, -0.2) is 37.3 Å². The maximum absolute atomic E-state index is 12.5. The Labute approximate surface area is 142 Å². The van der Waals surface area contributed by atoms with E-state index in [1.807, 2.05) is 31.2 Å². The van der Waals surface area contributed by atoms with Gasteiger partial charge in [0.15, 0.2) is 0 Å². The summed E-state index contributed by atoms with van der Waals surface area (Å²) in [4.78, 5) is 16.6. The maximum atomic E-state index is 12.5. The van der Waals surface area contributed by atoms with E-state index >= 15 is 0 Å². The van der Waals surface area contributed by atoms with Gasteiger partial charge < -0.3 is 14.8 Å². The van der Waals surface area contributed by atoms with E-state index < -0.39 is 0 Å². The number of benzene rings is 1. The van der Waals surface area contributed by atoms with Gasteiger partial charge in [-0.2, -0.15) is 0 Å². The van der Waals surface area contributed by atoms with Crippen molar-refractivity contribution in [2.24, 2.45) is 5.92 Å². The number of nitrogens with one attached hydrogen (secondary N) is 1. The number of carbonyl (C=O) groups excluding carboxylic acids is 1. The van der Waals surface area contributed by atoms with Gasteiger partial charge in [-0.05, 0) is 48.7 Å². The Hall–Kier alpha value is -2.40. The van der Waals surface area contributed by atoms with Crippen molar-refractivity contribution in [1.29, 1.82) is 0 Å². The minimum absolute atomic E-state index is 0.0120. The highest BCUT2D eigenvalue weighted by Crippen LogP contribution is 2.21. The molecule has 5 heteroatoms. The van der Waals surface area contributed by atoms with Gasteiger partial charge in [0.25, 0.3) is 5.91 Å². The fourth-order valence-corrected chi connectivity index (χ4v) is 2.99.